The molecule has 0 aliphatic heterocycles. The van der Waals surface area contributed by atoms with Crippen LogP contribution in [-0.4, -0.2) is 14.5 Å². The highest BCUT2D eigenvalue weighted by Crippen LogP contribution is 2.21. The van der Waals surface area contributed by atoms with Crippen LogP contribution < -0.4 is 0 Å². The van der Waals surface area contributed by atoms with Crippen LogP contribution in [-0.2, 0) is 13.5 Å². The summed E-state index contributed by atoms with van der Waals surface area (Å²) in [6.07, 6.45) is 6.83. The Labute approximate surface area is 106 Å². The monoisotopic (exact) mass is 237 g/mol. The Morgan fingerprint density at radius 2 is 2.06 bits per heavy atom. The summed E-state index contributed by atoms with van der Waals surface area (Å²) in [7, 11) is 2.03. The number of nitrogens with zero attached hydrogens (tertiary/aromatic N) is 3. The molecular weight excluding hydrogens is 222 g/mol. The van der Waals surface area contributed by atoms with Crippen LogP contribution in [0.25, 0.3) is 11.0 Å². The van der Waals surface area contributed by atoms with Gasteiger partial charge >= 0.3 is 0 Å². The Morgan fingerprint density at radius 3 is 2.83 bits per heavy atom. The molecule has 0 unspecified atom stereocenters. The number of aryl methyl sites for hydroxylation is 2. The lowest BCUT2D eigenvalue weighted by Crippen LogP contribution is -1.89. The highest BCUT2D eigenvalue weighted by molar-refractivity contribution is 5.80. The molecule has 0 fully saturated rings. The molecule has 3 aromatic heterocycles. The summed E-state index contributed by atoms with van der Waals surface area (Å²) in [6, 6.07) is 8.30. The quantitative estimate of drug-likeness (QED) is 0.686. The zero-order valence-electron chi connectivity index (χ0n) is 10.6. The van der Waals surface area contributed by atoms with E-state index in [4.69, 9.17) is 0 Å². The van der Waals surface area contributed by atoms with E-state index in [9.17, 15) is 0 Å². The summed E-state index contributed by atoms with van der Waals surface area (Å²) >= 11 is 0. The molecule has 0 radical (unpaired) electrons. The van der Waals surface area contributed by atoms with E-state index in [1.807, 2.05) is 32.4 Å². The molecule has 0 spiro atoms. The highest BCUT2D eigenvalue weighted by atomic mass is 15.0. The SMILES string of the molecule is Cc1ccc(Cc2cn(C)c3ncccc23)cn1. The molecule has 3 nitrogen and oxygen atoms in total. The minimum Gasteiger partial charge on any atom is -0.335 e. The van der Waals surface area contributed by atoms with Gasteiger partial charge in [-0.3, -0.25) is 4.98 Å². The third-order valence-electron chi connectivity index (χ3n) is 3.18. The van der Waals surface area contributed by atoms with Crippen LogP contribution in [0, 0.1) is 6.92 Å². The molecule has 3 heterocycles. The molecule has 0 atom stereocenters. The molecule has 0 bridgehead atoms. The minimum atomic E-state index is 0.899. The van der Waals surface area contributed by atoms with E-state index in [1.54, 1.807) is 0 Å². The van der Waals surface area contributed by atoms with Crippen LogP contribution in [0.15, 0.2) is 42.9 Å². The van der Waals surface area contributed by atoms with Crippen molar-refractivity contribution in [3.8, 4) is 0 Å². The molecule has 0 amide bonds. The van der Waals surface area contributed by atoms with Crippen LogP contribution in [0.1, 0.15) is 16.8 Å². The van der Waals surface area contributed by atoms with E-state index in [1.165, 1.54) is 16.5 Å². The van der Waals surface area contributed by atoms with Gasteiger partial charge in [0.05, 0.1) is 0 Å². The van der Waals surface area contributed by atoms with E-state index in [0.29, 0.717) is 0 Å². The normalized spacial score (nSPS) is 11.0. The van der Waals surface area contributed by atoms with E-state index in [-0.39, 0.29) is 0 Å². The smallest absolute Gasteiger partial charge is 0.139 e. The van der Waals surface area contributed by atoms with E-state index < -0.39 is 0 Å². The molecule has 3 heteroatoms. The van der Waals surface area contributed by atoms with Gasteiger partial charge in [-0.25, -0.2) is 4.98 Å². The van der Waals surface area contributed by atoms with Crippen LogP contribution in [0.5, 0.6) is 0 Å². The highest BCUT2D eigenvalue weighted by Gasteiger charge is 2.07. The van der Waals surface area contributed by atoms with Crippen molar-refractivity contribution in [1.29, 1.82) is 0 Å². The molecule has 3 rings (SSSR count). The van der Waals surface area contributed by atoms with Gasteiger partial charge < -0.3 is 4.57 Å². The van der Waals surface area contributed by atoms with Gasteiger partial charge in [0.1, 0.15) is 5.65 Å². The second-order valence-electron chi connectivity index (χ2n) is 4.62. The number of rotatable bonds is 2. The fourth-order valence-corrected chi connectivity index (χ4v) is 2.26. The maximum Gasteiger partial charge on any atom is 0.139 e. The first-order valence-electron chi connectivity index (χ1n) is 6.04. The average molecular weight is 237 g/mol. The predicted molar refractivity (Wildman–Crippen MR) is 72.5 cm³/mol. The molecule has 0 aliphatic rings. The molecule has 18 heavy (non-hydrogen) atoms. The zero-order chi connectivity index (χ0) is 12.5. The van der Waals surface area contributed by atoms with E-state index in [2.05, 4.69) is 38.9 Å². The summed E-state index contributed by atoms with van der Waals surface area (Å²) < 4.78 is 2.08. The van der Waals surface area contributed by atoms with E-state index in [0.717, 1.165) is 17.8 Å². The molecular formula is C15H15N3. The number of hydrogen-bond acceptors (Lipinski definition) is 2. The van der Waals surface area contributed by atoms with Gasteiger partial charge in [-0.05, 0) is 36.2 Å². The number of fused-ring (bicyclic) bond motifs is 1. The van der Waals surface area contributed by atoms with Crippen molar-refractivity contribution < 1.29 is 0 Å². The molecule has 0 N–H and O–H groups in total. The van der Waals surface area contributed by atoms with Gasteiger partial charge in [0.2, 0.25) is 0 Å². The first kappa shape index (κ1) is 11.0. The number of hydrogen-bond donors (Lipinski definition) is 0. The molecule has 90 valence electrons. The minimum absolute atomic E-state index is 0.899. The van der Waals surface area contributed by atoms with Crippen molar-refractivity contribution >= 4 is 11.0 Å². The second kappa shape index (κ2) is 4.26. The third-order valence-corrected chi connectivity index (χ3v) is 3.18. The van der Waals surface area contributed by atoms with Crippen molar-refractivity contribution in [3.05, 3.63) is 59.7 Å². The Hall–Kier alpha value is -2.16. The van der Waals surface area contributed by atoms with Crippen molar-refractivity contribution in [1.82, 2.24) is 14.5 Å². The van der Waals surface area contributed by atoms with Crippen LogP contribution in [0.3, 0.4) is 0 Å². The summed E-state index contributed by atoms with van der Waals surface area (Å²) in [6.45, 7) is 2.01. The molecule has 0 aliphatic carbocycles. The second-order valence-corrected chi connectivity index (χ2v) is 4.62. The predicted octanol–water partition coefficient (Wildman–Crippen LogP) is 2.87. The van der Waals surface area contributed by atoms with Gasteiger partial charge in [0, 0.05) is 43.1 Å². The Bertz CT molecular complexity index is 681. The van der Waals surface area contributed by atoms with Crippen molar-refractivity contribution in [2.24, 2.45) is 7.05 Å². The fourth-order valence-electron chi connectivity index (χ4n) is 2.26. The average Bonchev–Trinajstić information content (AvgIpc) is 2.70. The van der Waals surface area contributed by atoms with Crippen molar-refractivity contribution in [3.63, 3.8) is 0 Å². The largest absolute Gasteiger partial charge is 0.335 e. The summed E-state index contributed by atoms with van der Waals surface area (Å²) in [5, 5.41) is 1.22. The van der Waals surface area contributed by atoms with Crippen molar-refractivity contribution in [2.75, 3.05) is 0 Å². The summed E-state index contributed by atoms with van der Waals surface area (Å²) in [5.41, 5.74) is 4.62. The van der Waals surface area contributed by atoms with Crippen molar-refractivity contribution in [2.45, 2.75) is 13.3 Å². The fraction of sp³-hybridized carbons (Fsp3) is 0.200. The zero-order valence-corrected chi connectivity index (χ0v) is 10.6. The Kier molecular flexibility index (Phi) is 2.59. The lowest BCUT2D eigenvalue weighted by Gasteiger charge is -2.00. The maximum absolute atomic E-state index is 4.40. The first-order chi connectivity index (χ1) is 8.74. The van der Waals surface area contributed by atoms with E-state index >= 15 is 0 Å². The summed E-state index contributed by atoms with van der Waals surface area (Å²) in [5.74, 6) is 0. The summed E-state index contributed by atoms with van der Waals surface area (Å²) in [4.78, 5) is 8.74. The van der Waals surface area contributed by atoms with Gasteiger partial charge in [-0.15, -0.1) is 0 Å². The molecule has 0 saturated heterocycles. The third kappa shape index (κ3) is 1.88. The lowest BCUT2D eigenvalue weighted by molar-refractivity contribution is 0.939. The van der Waals surface area contributed by atoms with Crippen LogP contribution >= 0.6 is 0 Å². The molecule has 3 aromatic rings. The Morgan fingerprint density at radius 1 is 1.17 bits per heavy atom. The first-order valence-corrected chi connectivity index (χ1v) is 6.04. The topological polar surface area (TPSA) is 30.7 Å². The van der Waals surface area contributed by atoms with Crippen LogP contribution in [0.4, 0.5) is 0 Å². The van der Waals surface area contributed by atoms with Gasteiger partial charge in [0.25, 0.3) is 0 Å². The van der Waals surface area contributed by atoms with Gasteiger partial charge in [-0.1, -0.05) is 6.07 Å². The standard InChI is InChI=1S/C15H15N3/c1-11-5-6-12(9-17-11)8-13-10-18(2)15-14(13)4-3-7-16-15/h3-7,9-10H,8H2,1-2H3. The number of aromatic nitrogens is 3. The Balaban J connectivity index is 2.02. The van der Waals surface area contributed by atoms with Gasteiger partial charge in [-0.2, -0.15) is 0 Å². The van der Waals surface area contributed by atoms with Gasteiger partial charge in [0.15, 0.2) is 0 Å². The molecule has 0 saturated carbocycles. The van der Waals surface area contributed by atoms with Crippen LogP contribution in [0.2, 0.25) is 0 Å². The lowest BCUT2D eigenvalue weighted by atomic mass is 10.1. The number of pyridine rings is 2. The maximum atomic E-state index is 4.40. The molecule has 0 aromatic carbocycles.